The average Bonchev–Trinajstić information content (AvgIpc) is 3.20. The van der Waals surface area contributed by atoms with Crippen LogP contribution >= 0.6 is 0 Å². The van der Waals surface area contributed by atoms with Gasteiger partial charge in [0.15, 0.2) is 0 Å². The van der Waals surface area contributed by atoms with Crippen molar-refractivity contribution in [1.82, 2.24) is 0 Å². The van der Waals surface area contributed by atoms with Gasteiger partial charge in [-0.05, 0) is 71.2 Å². The van der Waals surface area contributed by atoms with E-state index >= 15 is 0 Å². The van der Waals surface area contributed by atoms with Crippen LogP contribution in [0.1, 0.15) is 56.2 Å². The van der Waals surface area contributed by atoms with Crippen molar-refractivity contribution in [3.05, 3.63) is 114 Å². The normalized spacial score (nSPS) is 13.2. The number of hydrogen-bond acceptors (Lipinski definition) is 2. The fraction of sp³-hybridized carbons (Fsp3) is 0.226. The number of nitrogens with zero attached hydrogens (tertiary/aromatic N) is 2. The van der Waals surface area contributed by atoms with Crippen molar-refractivity contribution in [2.75, 3.05) is 9.62 Å². The Kier molecular flexibility index (Phi) is 5.95. The second-order valence-corrected chi connectivity index (χ2v) is 9.89. The number of anilines is 4. The number of hydrogen-bond donors (Lipinski definition) is 0. The van der Waals surface area contributed by atoms with Gasteiger partial charge in [0.25, 0.3) is 0 Å². The number of para-hydroxylation sites is 3. The number of rotatable bonds is 5. The highest BCUT2D eigenvalue weighted by Gasteiger charge is 2.46. The van der Waals surface area contributed by atoms with Crippen LogP contribution in [0.4, 0.5) is 22.7 Å². The van der Waals surface area contributed by atoms with E-state index in [1.165, 1.54) is 44.9 Å². The third-order valence-electron chi connectivity index (χ3n) is 6.95. The number of fused-ring (bicyclic) bond motifs is 1. The summed E-state index contributed by atoms with van der Waals surface area (Å²) in [6, 6.07) is 35.3. The van der Waals surface area contributed by atoms with Gasteiger partial charge < -0.3 is 9.62 Å². The highest BCUT2D eigenvalue weighted by atomic mass is 15.3. The molecule has 0 aromatic heterocycles. The van der Waals surface area contributed by atoms with Crippen molar-refractivity contribution in [1.29, 1.82) is 0 Å². The molecule has 4 aromatic rings. The summed E-state index contributed by atoms with van der Waals surface area (Å²) in [5.74, 6) is 0.850. The van der Waals surface area contributed by atoms with Crippen LogP contribution in [0.2, 0.25) is 0 Å². The Morgan fingerprint density at radius 3 is 1.59 bits per heavy atom. The van der Waals surface area contributed by atoms with Gasteiger partial charge in [-0.25, -0.2) is 0 Å². The second-order valence-electron chi connectivity index (χ2n) is 9.89. The molecule has 0 bridgehead atoms. The van der Waals surface area contributed by atoms with Gasteiger partial charge in [-0.3, -0.25) is 0 Å². The molecule has 0 spiro atoms. The topological polar surface area (TPSA) is 6.48 Å². The summed E-state index contributed by atoms with van der Waals surface area (Å²) < 4.78 is 0. The molecule has 1 aliphatic heterocycles. The highest BCUT2D eigenvalue weighted by molar-refractivity contribution is 6.85. The molecule has 170 valence electrons. The van der Waals surface area contributed by atoms with Gasteiger partial charge in [0.05, 0.1) is 11.4 Å². The third-order valence-corrected chi connectivity index (χ3v) is 6.95. The lowest BCUT2D eigenvalue weighted by Crippen LogP contribution is -2.55. The smallest absolute Gasteiger partial charge is 0.360 e. The molecule has 1 heterocycles. The predicted molar refractivity (Wildman–Crippen MR) is 148 cm³/mol. The molecule has 0 unspecified atom stereocenters. The third kappa shape index (κ3) is 3.70. The Bertz CT molecular complexity index is 1260. The van der Waals surface area contributed by atoms with Crippen LogP contribution in [0.15, 0.2) is 97.1 Å². The van der Waals surface area contributed by atoms with Crippen molar-refractivity contribution < 1.29 is 0 Å². The fourth-order valence-corrected chi connectivity index (χ4v) is 5.41. The van der Waals surface area contributed by atoms with Crippen LogP contribution in [0.5, 0.6) is 0 Å². The van der Waals surface area contributed by atoms with E-state index in [2.05, 4.69) is 141 Å². The number of aryl methyl sites for hydroxylation is 1. The first kappa shape index (κ1) is 22.3. The molecule has 34 heavy (non-hydrogen) atoms. The first-order valence-corrected chi connectivity index (χ1v) is 12.4. The number of benzene rings is 4. The summed E-state index contributed by atoms with van der Waals surface area (Å²) >= 11 is 0. The fourth-order valence-electron chi connectivity index (χ4n) is 5.41. The van der Waals surface area contributed by atoms with E-state index in [0.717, 1.165) is 0 Å². The zero-order chi connectivity index (χ0) is 23.8. The summed E-state index contributed by atoms with van der Waals surface area (Å²) in [6.45, 7) is 11.5. The lowest BCUT2D eigenvalue weighted by molar-refractivity contribution is 0.844. The SMILES string of the molecule is Cc1cccc2c1N(c1ccccc1)B(c1c(C(C)C)cccc1C(C)C)N2c1ccccc1. The van der Waals surface area contributed by atoms with Crippen molar-refractivity contribution in [3.63, 3.8) is 0 Å². The van der Waals surface area contributed by atoms with E-state index in [9.17, 15) is 0 Å². The molecule has 0 saturated heterocycles. The summed E-state index contributed by atoms with van der Waals surface area (Å²) in [5, 5.41) is 0. The van der Waals surface area contributed by atoms with Gasteiger partial charge in [-0.2, -0.15) is 0 Å². The molecule has 0 radical (unpaired) electrons. The highest BCUT2D eigenvalue weighted by Crippen LogP contribution is 2.48. The van der Waals surface area contributed by atoms with E-state index in [4.69, 9.17) is 0 Å². The Morgan fingerprint density at radius 1 is 0.559 bits per heavy atom. The summed E-state index contributed by atoms with van der Waals surface area (Å²) in [4.78, 5) is 5.10. The molecule has 5 rings (SSSR count). The molecule has 0 N–H and O–H groups in total. The van der Waals surface area contributed by atoms with Crippen LogP contribution in [-0.2, 0) is 0 Å². The van der Waals surface area contributed by atoms with Gasteiger partial charge >= 0.3 is 6.98 Å². The Labute approximate surface area is 205 Å². The molecule has 0 atom stereocenters. The second kappa shape index (κ2) is 9.06. The first-order chi connectivity index (χ1) is 16.5. The Balaban J connectivity index is 1.88. The maximum atomic E-state index is 2.56. The molecule has 0 amide bonds. The van der Waals surface area contributed by atoms with Gasteiger partial charge in [-0.15, -0.1) is 0 Å². The van der Waals surface area contributed by atoms with Crippen molar-refractivity contribution in [2.24, 2.45) is 0 Å². The van der Waals surface area contributed by atoms with Crippen molar-refractivity contribution in [2.45, 2.75) is 46.5 Å². The molecule has 1 aliphatic rings. The van der Waals surface area contributed by atoms with E-state index in [-0.39, 0.29) is 6.98 Å². The average molecular weight is 444 g/mol. The zero-order valence-electron chi connectivity index (χ0n) is 20.9. The van der Waals surface area contributed by atoms with E-state index < -0.39 is 0 Å². The minimum absolute atomic E-state index is 0.0249. The van der Waals surface area contributed by atoms with E-state index in [0.29, 0.717) is 11.8 Å². The lowest BCUT2D eigenvalue weighted by atomic mass is 9.58. The minimum atomic E-state index is 0.0249. The largest absolute Gasteiger partial charge is 0.421 e. The van der Waals surface area contributed by atoms with E-state index in [1.807, 2.05) is 0 Å². The molecule has 0 aliphatic carbocycles. The van der Waals surface area contributed by atoms with Crippen LogP contribution in [-0.4, -0.2) is 6.98 Å². The van der Waals surface area contributed by atoms with Gasteiger partial charge in [0.2, 0.25) is 0 Å². The molecule has 0 saturated carbocycles. The Hall–Kier alpha value is -3.46. The van der Waals surface area contributed by atoms with Crippen LogP contribution in [0.25, 0.3) is 0 Å². The van der Waals surface area contributed by atoms with Gasteiger partial charge in [0.1, 0.15) is 0 Å². The Morgan fingerprint density at radius 2 is 1.06 bits per heavy atom. The monoisotopic (exact) mass is 444 g/mol. The molecule has 2 nitrogen and oxygen atoms in total. The molecule has 3 heteroatoms. The summed E-state index contributed by atoms with van der Waals surface area (Å²) in [6.07, 6.45) is 0. The molecule has 0 fully saturated rings. The molecule has 4 aromatic carbocycles. The van der Waals surface area contributed by atoms with Crippen LogP contribution in [0, 0.1) is 6.92 Å². The predicted octanol–water partition coefficient (Wildman–Crippen LogP) is 7.93. The standard InChI is InChI=1S/C31H33BN2/c1-22(2)27-19-13-20-28(23(3)4)30(27)32-33(25-15-8-6-9-16-25)29-21-12-14-24(5)31(29)34(32)26-17-10-7-11-18-26/h6-23H,1-5H3. The van der Waals surface area contributed by atoms with Crippen LogP contribution in [0.3, 0.4) is 0 Å². The first-order valence-electron chi connectivity index (χ1n) is 12.4. The zero-order valence-corrected chi connectivity index (χ0v) is 20.9. The van der Waals surface area contributed by atoms with Gasteiger partial charge in [-0.1, -0.05) is 94.4 Å². The van der Waals surface area contributed by atoms with Crippen molar-refractivity contribution >= 4 is 35.2 Å². The van der Waals surface area contributed by atoms with Crippen molar-refractivity contribution in [3.8, 4) is 0 Å². The minimum Gasteiger partial charge on any atom is -0.360 e. The maximum absolute atomic E-state index is 2.56. The molecular formula is C31H33BN2. The molecular weight excluding hydrogens is 411 g/mol. The van der Waals surface area contributed by atoms with Crippen LogP contribution < -0.4 is 15.1 Å². The maximum Gasteiger partial charge on any atom is 0.421 e. The quantitative estimate of drug-likeness (QED) is 0.289. The van der Waals surface area contributed by atoms with Gasteiger partial charge in [0, 0.05) is 11.4 Å². The summed E-state index contributed by atoms with van der Waals surface area (Å²) in [7, 11) is 0. The van der Waals surface area contributed by atoms with E-state index in [1.54, 1.807) is 0 Å². The lowest BCUT2D eigenvalue weighted by Gasteiger charge is -2.34. The summed E-state index contributed by atoms with van der Waals surface area (Å²) in [5.41, 5.74) is 10.5.